The minimum atomic E-state index is 0.106. The summed E-state index contributed by atoms with van der Waals surface area (Å²) in [5.41, 5.74) is 0.976. The summed E-state index contributed by atoms with van der Waals surface area (Å²) >= 11 is 0. The molecule has 1 aliphatic heterocycles. The fourth-order valence-electron chi connectivity index (χ4n) is 1.25. The van der Waals surface area contributed by atoms with Crippen molar-refractivity contribution in [3.8, 4) is 17.6 Å². The average Bonchev–Trinajstić information content (AvgIpc) is 2.65. The van der Waals surface area contributed by atoms with Crippen LogP contribution in [0.25, 0.3) is 0 Å². The van der Waals surface area contributed by atoms with Crippen molar-refractivity contribution in [3.05, 3.63) is 23.8 Å². The Morgan fingerprint density at radius 2 is 2.21 bits per heavy atom. The lowest BCUT2D eigenvalue weighted by molar-refractivity contribution is 0.152. The maximum atomic E-state index is 8.28. The van der Waals surface area contributed by atoms with E-state index in [2.05, 4.69) is 0 Å². The Morgan fingerprint density at radius 1 is 1.36 bits per heavy atom. The van der Waals surface area contributed by atoms with Gasteiger partial charge in [0.15, 0.2) is 11.5 Å². The highest BCUT2D eigenvalue weighted by Crippen LogP contribution is 2.32. The first-order valence-electron chi connectivity index (χ1n) is 4.23. The summed E-state index contributed by atoms with van der Waals surface area (Å²) in [5, 5.41) is 8.28. The number of rotatable bonds is 3. The molecule has 72 valence electrons. The second-order valence-corrected chi connectivity index (χ2v) is 2.84. The third-order valence-electron chi connectivity index (χ3n) is 1.87. The first-order chi connectivity index (χ1) is 6.90. The number of hydrogen-bond donors (Lipinski definition) is 0. The monoisotopic (exact) mass is 191 g/mol. The highest BCUT2D eigenvalue weighted by Gasteiger charge is 2.12. The zero-order valence-electron chi connectivity index (χ0n) is 7.53. The molecule has 1 aliphatic rings. The molecule has 0 saturated heterocycles. The standard InChI is InChI=1S/C10H9NO3/c11-3-4-12-6-8-1-2-9-10(5-8)14-7-13-9/h1-2,5H,4,6-7H2. The number of fused-ring (bicyclic) bond motifs is 1. The molecule has 1 heterocycles. The van der Waals surface area contributed by atoms with Crippen molar-refractivity contribution in [3.63, 3.8) is 0 Å². The number of ether oxygens (including phenoxy) is 3. The van der Waals surface area contributed by atoms with Gasteiger partial charge in [-0.05, 0) is 17.7 Å². The van der Waals surface area contributed by atoms with Crippen molar-refractivity contribution < 1.29 is 14.2 Å². The minimum absolute atomic E-state index is 0.106. The zero-order valence-corrected chi connectivity index (χ0v) is 7.53. The van der Waals surface area contributed by atoms with Gasteiger partial charge in [0, 0.05) is 0 Å². The van der Waals surface area contributed by atoms with Crippen LogP contribution in [0, 0.1) is 11.3 Å². The summed E-state index contributed by atoms with van der Waals surface area (Å²) in [6.07, 6.45) is 0. The minimum Gasteiger partial charge on any atom is -0.454 e. The fraction of sp³-hybridized carbons (Fsp3) is 0.300. The normalized spacial score (nSPS) is 12.5. The maximum absolute atomic E-state index is 8.28. The highest BCUT2D eigenvalue weighted by atomic mass is 16.7. The van der Waals surface area contributed by atoms with E-state index >= 15 is 0 Å². The summed E-state index contributed by atoms with van der Waals surface area (Å²) in [6, 6.07) is 7.51. The maximum Gasteiger partial charge on any atom is 0.231 e. The van der Waals surface area contributed by atoms with Crippen LogP contribution in [0.15, 0.2) is 18.2 Å². The molecule has 14 heavy (non-hydrogen) atoms. The second-order valence-electron chi connectivity index (χ2n) is 2.84. The molecular weight excluding hydrogens is 182 g/mol. The summed E-state index contributed by atoms with van der Waals surface area (Å²) in [4.78, 5) is 0. The van der Waals surface area contributed by atoms with Gasteiger partial charge in [-0.3, -0.25) is 0 Å². The van der Waals surface area contributed by atoms with Gasteiger partial charge in [0.2, 0.25) is 6.79 Å². The molecule has 0 saturated carbocycles. The van der Waals surface area contributed by atoms with Gasteiger partial charge in [-0.1, -0.05) is 6.07 Å². The summed E-state index contributed by atoms with van der Waals surface area (Å²) in [5.74, 6) is 1.50. The van der Waals surface area contributed by atoms with Gasteiger partial charge in [0.25, 0.3) is 0 Å². The van der Waals surface area contributed by atoms with Gasteiger partial charge >= 0.3 is 0 Å². The topological polar surface area (TPSA) is 51.5 Å². The smallest absolute Gasteiger partial charge is 0.231 e. The quantitative estimate of drug-likeness (QED) is 0.678. The molecule has 4 nitrogen and oxygen atoms in total. The second kappa shape index (κ2) is 3.99. The molecule has 0 unspecified atom stereocenters. The van der Waals surface area contributed by atoms with Crippen LogP contribution in [-0.2, 0) is 11.3 Å². The number of nitrogens with zero attached hydrogens (tertiary/aromatic N) is 1. The lowest BCUT2D eigenvalue weighted by Crippen LogP contribution is -1.93. The van der Waals surface area contributed by atoms with Gasteiger partial charge in [-0.25, -0.2) is 0 Å². The Labute approximate surface area is 81.6 Å². The van der Waals surface area contributed by atoms with Crippen molar-refractivity contribution >= 4 is 0 Å². The highest BCUT2D eigenvalue weighted by molar-refractivity contribution is 5.44. The van der Waals surface area contributed by atoms with Gasteiger partial charge in [0.05, 0.1) is 12.7 Å². The summed E-state index contributed by atoms with van der Waals surface area (Å²) < 4.78 is 15.4. The Bertz CT molecular complexity index is 370. The SMILES string of the molecule is N#CCOCc1ccc2c(c1)OCO2. The molecule has 0 spiro atoms. The molecular formula is C10H9NO3. The van der Waals surface area contributed by atoms with Crippen LogP contribution in [0.1, 0.15) is 5.56 Å². The molecule has 0 N–H and O–H groups in total. The molecule has 0 amide bonds. The fourth-order valence-corrected chi connectivity index (χ4v) is 1.25. The molecule has 0 bridgehead atoms. The van der Waals surface area contributed by atoms with E-state index in [9.17, 15) is 0 Å². The van der Waals surface area contributed by atoms with E-state index in [0.29, 0.717) is 6.61 Å². The molecule has 0 radical (unpaired) electrons. The van der Waals surface area contributed by atoms with Crippen molar-refractivity contribution in [2.45, 2.75) is 6.61 Å². The zero-order chi connectivity index (χ0) is 9.80. The van der Waals surface area contributed by atoms with Crippen molar-refractivity contribution in [2.75, 3.05) is 13.4 Å². The summed E-state index contributed by atoms with van der Waals surface area (Å²) in [6.45, 7) is 0.802. The van der Waals surface area contributed by atoms with E-state index in [1.54, 1.807) is 0 Å². The Balaban J connectivity index is 2.02. The first kappa shape index (κ1) is 8.85. The van der Waals surface area contributed by atoms with E-state index in [1.165, 1.54) is 0 Å². The lowest BCUT2D eigenvalue weighted by Gasteiger charge is -2.01. The largest absolute Gasteiger partial charge is 0.454 e. The Hall–Kier alpha value is -1.73. The van der Waals surface area contributed by atoms with Crippen LogP contribution in [-0.4, -0.2) is 13.4 Å². The van der Waals surface area contributed by atoms with Crippen LogP contribution in [0.4, 0.5) is 0 Å². The molecule has 0 atom stereocenters. The van der Waals surface area contributed by atoms with Gasteiger partial charge in [0.1, 0.15) is 6.61 Å². The van der Waals surface area contributed by atoms with E-state index < -0.39 is 0 Å². The number of benzene rings is 1. The predicted molar refractivity (Wildman–Crippen MR) is 47.8 cm³/mol. The summed E-state index contributed by atoms with van der Waals surface area (Å²) in [7, 11) is 0. The van der Waals surface area contributed by atoms with Gasteiger partial charge in [-0.2, -0.15) is 5.26 Å². The van der Waals surface area contributed by atoms with Crippen molar-refractivity contribution in [2.24, 2.45) is 0 Å². The predicted octanol–water partition coefficient (Wildman–Crippen LogP) is 1.46. The van der Waals surface area contributed by atoms with E-state index in [0.717, 1.165) is 17.1 Å². The van der Waals surface area contributed by atoms with E-state index in [4.69, 9.17) is 19.5 Å². The Morgan fingerprint density at radius 3 is 3.07 bits per heavy atom. The Kier molecular flexibility index (Phi) is 2.52. The van der Waals surface area contributed by atoms with Crippen molar-refractivity contribution in [1.29, 1.82) is 5.26 Å². The number of nitriles is 1. The van der Waals surface area contributed by atoms with Gasteiger partial charge < -0.3 is 14.2 Å². The van der Waals surface area contributed by atoms with Crippen LogP contribution in [0.5, 0.6) is 11.5 Å². The first-order valence-corrected chi connectivity index (χ1v) is 4.23. The van der Waals surface area contributed by atoms with Crippen molar-refractivity contribution in [1.82, 2.24) is 0 Å². The molecule has 4 heteroatoms. The van der Waals surface area contributed by atoms with E-state index in [-0.39, 0.29) is 13.4 Å². The molecule has 0 fully saturated rings. The van der Waals surface area contributed by atoms with Crippen LogP contribution in [0.3, 0.4) is 0 Å². The third kappa shape index (κ3) is 1.78. The van der Waals surface area contributed by atoms with Crippen LogP contribution >= 0.6 is 0 Å². The molecule has 0 aromatic heterocycles. The third-order valence-corrected chi connectivity index (χ3v) is 1.87. The average molecular weight is 191 g/mol. The van der Waals surface area contributed by atoms with Crippen LogP contribution in [0.2, 0.25) is 0 Å². The van der Waals surface area contributed by atoms with Crippen LogP contribution < -0.4 is 9.47 Å². The molecule has 1 aromatic carbocycles. The number of hydrogen-bond acceptors (Lipinski definition) is 4. The van der Waals surface area contributed by atoms with Gasteiger partial charge in [-0.15, -0.1) is 0 Å². The lowest BCUT2D eigenvalue weighted by atomic mass is 10.2. The van der Waals surface area contributed by atoms with E-state index in [1.807, 2.05) is 24.3 Å². The molecule has 0 aliphatic carbocycles. The molecule has 2 rings (SSSR count). The molecule has 1 aromatic rings.